The van der Waals surface area contributed by atoms with Crippen LogP contribution in [0.1, 0.15) is 46.5 Å². The number of carbonyl (C=O) groups excluding carboxylic acids is 1. The van der Waals surface area contributed by atoms with Crippen molar-refractivity contribution in [2.24, 2.45) is 11.8 Å². The molecule has 1 aliphatic rings. The minimum Gasteiger partial charge on any atom is -0.444 e. The monoisotopic (exact) mass is 568 g/mol. The third-order valence-electron chi connectivity index (χ3n) is 6.82. The number of para-hydroxylation sites is 1. The van der Waals surface area contributed by atoms with Gasteiger partial charge < -0.3 is 20.7 Å². The molecule has 10 nitrogen and oxygen atoms in total. The fraction of sp³-hybridized carbons (Fsp3) is 0.483. The fourth-order valence-electron chi connectivity index (χ4n) is 4.74. The molecule has 3 aromatic rings. The van der Waals surface area contributed by atoms with Gasteiger partial charge in [0.2, 0.25) is 16.0 Å². The van der Waals surface area contributed by atoms with Crippen molar-refractivity contribution in [3.63, 3.8) is 0 Å². The van der Waals surface area contributed by atoms with E-state index in [9.17, 15) is 13.2 Å². The summed E-state index contributed by atoms with van der Waals surface area (Å²) in [5, 5.41) is 10.4. The minimum absolute atomic E-state index is 0.302. The van der Waals surface area contributed by atoms with Crippen LogP contribution in [0.2, 0.25) is 0 Å². The standard InChI is InChI=1S/C29H40N6O4S/c1-29(2,3)39-28(36)31-18-17-30-26-24-11-7-8-12-25(24)34-27(35-26)32-19-21-13-15-22(16-14-21)20-33-40(37,38)23-9-5-4-6-10-23/h4-12,21-22,33H,13-20H2,1-3H3,(H,31,36)(H2,30,32,34,35)/t21-,22-. The molecule has 0 unspecified atom stereocenters. The zero-order chi connectivity index (χ0) is 28.6. The predicted octanol–water partition coefficient (Wildman–Crippen LogP) is 4.76. The van der Waals surface area contributed by atoms with Crippen LogP contribution in [0.15, 0.2) is 59.5 Å². The van der Waals surface area contributed by atoms with Gasteiger partial charge in [-0.3, -0.25) is 0 Å². The fourth-order valence-corrected chi connectivity index (χ4v) is 5.87. The van der Waals surface area contributed by atoms with E-state index in [1.165, 1.54) is 0 Å². The molecule has 2 aromatic carbocycles. The number of nitrogens with zero attached hydrogens (tertiary/aromatic N) is 2. The summed E-state index contributed by atoms with van der Waals surface area (Å²) < 4.78 is 33.1. The number of nitrogens with one attached hydrogen (secondary N) is 4. The Morgan fingerprint density at radius 3 is 2.23 bits per heavy atom. The smallest absolute Gasteiger partial charge is 0.407 e. The topological polar surface area (TPSA) is 134 Å². The second-order valence-electron chi connectivity index (χ2n) is 11.2. The van der Waals surface area contributed by atoms with E-state index in [0.29, 0.717) is 48.1 Å². The van der Waals surface area contributed by atoms with Crippen molar-refractivity contribution in [3.8, 4) is 0 Å². The third kappa shape index (κ3) is 8.79. The van der Waals surface area contributed by atoms with Gasteiger partial charge in [0.05, 0.1) is 10.4 Å². The van der Waals surface area contributed by atoms with Crippen molar-refractivity contribution in [1.82, 2.24) is 20.0 Å². The molecule has 1 aromatic heterocycles. The lowest BCUT2D eigenvalue weighted by Gasteiger charge is -2.28. The average molecular weight is 569 g/mol. The number of benzene rings is 2. The number of carbonyl (C=O) groups is 1. The summed E-state index contributed by atoms with van der Waals surface area (Å²) in [6.07, 6.45) is 3.52. The van der Waals surface area contributed by atoms with Crippen LogP contribution in [-0.2, 0) is 14.8 Å². The van der Waals surface area contributed by atoms with E-state index in [1.54, 1.807) is 30.3 Å². The molecule has 1 aliphatic carbocycles. The highest BCUT2D eigenvalue weighted by molar-refractivity contribution is 7.89. The first-order valence-corrected chi connectivity index (χ1v) is 15.3. The Morgan fingerprint density at radius 2 is 1.52 bits per heavy atom. The molecule has 1 fully saturated rings. The molecular formula is C29H40N6O4S. The molecule has 4 N–H and O–H groups in total. The minimum atomic E-state index is -3.47. The SMILES string of the molecule is CC(C)(C)OC(=O)NCCNc1nc(NC[C@H]2CC[C@H](CNS(=O)(=O)c3ccccc3)CC2)nc2ccccc12. The summed E-state index contributed by atoms with van der Waals surface area (Å²) in [5.41, 5.74) is 0.289. The van der Waals surface area contributed by atoms with E-state index < -0.39 is 21.7 Å². The molecule has 1 saturated carbocycles. The Kier molecular flexibility index (Phi) is 9.80. The third-order valence-corrected chi connectivity index (χ3v) is 8.26. The summed E-state index contributed by atoms with van der Waals surface area (Å²) in [6.45, 7) is 7.57. The van der Waals surface area contributed by atoms with Crippen molar-refractivity contribution in [2.45, 2.75) is 57.0 Å². The first kappa shape index (κ1) is 29.5. The highest BCUT2D eigenvalue weighted by Crippen LogP contribution is 2.29. The van der Waals surface area contributed by atoms with Crippen LogP contribution in [0, 0.1) is 11.8 Å². The van der Waals surface area contributed by atoms with Gasteiger partial charge in [-0.2, -0.15) is 4.98 Å². The highest BCUT2D eigenvalue weighted by Gasteiger charge is 2.23. The van der Waals surface area contributed by atoms with Crippen molar-refractivity contribution in [3.05, 3.63) is 54.6 Å². The van der Waals surface area contributed by atoms with Gasteiger partial charge in [-0.15, -0.1) is 0 Å². The van der Waals surface area contributed by atoms with Gasteiger partial charge in [0, 0.05) is 31.6 Å². The molecule has 0 radical (unpaired) electrons. The number of fused-ring (bicyclic) bond motifs is 1. The number of alkyl carbamates (subject to hydrolysis) is 1. The highest BCUT2D eigenvalue weighted by atomic mass is 32.2. The maximum Gasteiger partial charge on any atom is 0.407 e. The molecule has 0 bridgehead atoms. The van der Waals surface area contributed by atoms with Gasteiger partial charge >= 0.3 is 6.09 Å². The summed E-state index contributed by atoms with van der Waals surface area (Å²) in [7, 11) is -3.47. The molecule has 216 valence electrons. The zero-order valence-corrected chi connectivity index (χ0v) is 24.3. The number of sulfonamides is 1. The van der Waals surface area contributed by atoms with E-state index in [4.69, 9.17) is 9.72 Å². The lowest BCUT2D eigenvalue weighted by atomic mass is 9.82. The maximum absolute atomic E-state index is 12.5. The molecule has 11 heteroatoms. The molecule has 1 amide bonds. The van der Waals surface area contributed by atoms with Gasteiger partial charge in [0.15, 0.2) is 0 Å². The number of hydrogen-bond donors (Lipinski definition) is 4. The van der Waals surface area contributed by atoms with E-state index in [1.807, 2.05) is 45.0 Å². The van der Waals surface area contributed by atoms with Crippen LogP contribution in [-0.4, -0.2) is 56.3 Å². The molecule has 40 heavy (non-hydrogen) atoms. The second kappa shape index (κ2) is 13.3. The summed E-state index contributed by atoms with van der Waals surface area (Å²) >= 11 is 0. The first-order chi connectivity index (χ1) is 19.1. The largest absolute Gasteiger partial charge is 0.444 e. The van der Waals surface area contributed by atoms with Crippen LogP contribution in [0.3, 0.4) is 0 Å². The Hall–Kier alpha value is -3.44. The van der Waals surface area contributed by atoms with Gasteiger partial charge in [-0.05, 0) is 82.6 Å². The predicted molar refractivity (Wildman–Crippen MR) is 158 cm³/mol. The van der Waals surface area contributed by atoms with Gasteiger partial charge in [0.25, 0.3) is 0 Å². The van der Waals surface area contributed by atoms with Gasteiger partial charge in [-0.25, -0.2) is 22.9 Å². The summed E-state index contributed by atoms with van der Waals surface area (Å²) in [5.74, 6) is 2.05. The molecule has 0 spiro atoms. The maximum atomic E-state index is 12.5. The van der Waals surface area contributed by atoms with E-state index in [-0.39, 0.29) is 0 Å². The normalized spacial score (nSPS) is 17.8. The van der Waals surface area contributed by atoms with Crippen molar-refractivity contribution >= 4 is 38.8 Å². The lowest BCUT2D eigenvalue weighted by Crippen LogP contribution is -2.35. The number of aromatic nitrogens is 2. The summed E-state index contributed by atoms with van der Waals surface area (Å²) in [6, 6.07) is 16.3. The quantitative estimate of drug-likeness (QED) is 0.243. The van der Waals surface area contributed by atoms with Crippen molar-refractivity contribution < 1.29 is 17.9 Å². The molecule has 0 aliphatic heterocycles. The molecular weight excluding hydrogens is 528 g/mol. The van der Waals surface area contributed by atoms with Crippen LogP contribution in [0.5, 0.6) is 0 Å². The molecule has 0 atom stereocenters. The van der Waals surface area contributed by atoms with Crippen molar-refractivity contribution in [1.29, 1.82) is 0 Å². The van der Waals surface area contributed by atoms with Crippen LogP contribution < -0.4 is 20.7 Å². The Labute approximate surface area is 236 Å². The Balaban J connectivity index is 1.25. The average Bonchev–Trinajstić information content (AvgIpc) is 2.93. The van der Waals surface area contributed by atoms with E-state index >= 15 is 0 Å². The van der Waals surface area contributed by atoms with Gasteiger partial charge in [0.1, 0.15) is 11.4 Å². The Bertz CT molecular complexity index is 1370. The van der Waals surface area contributed by atoms with Gasteiger partial charge in [-0.1, -0.05) is 30.3 Å². The molecule has 0 saturated heterocycles. The van der Waals surface area contributed by atoms with Crippen LogP contribution in [0.4, 0.5) is 16.6 Å². The number of anilines is 2. The van der Waals surface area contributed by atoms with E-state index in [2.05, 4.69) is 25.7 Å². The molecule has 4 rings (SSSR count). The molecule has 1 heterocycles. The number of rotatable bonds is 11. The summed E-state index contributed by atoms with van der Waals surface area (Å²) in [4.78, 5) is 21.6. The van der Waals surface area contributed by atoms with Crippen LogP contribution >= 0.6 is 0 Å². The first-order valence-electron chi connectivity index (χ1n) is 13.9. The number of amides is 1. The lowest BCUT2D eigenvalue weighted by molar-refractivity contribution is 0.0530. The number of hydrogen-bond acceptors (Lipinski definition) is 8. The van der Waals surface area contributed by atoms with Crippen molar-refractivity contribution in [2.75, 3.05) is 36.8 Å². The second-order valence-corrected chi connectivity index (χ2v) is 13.0. The van der Waals surface area contributed by atoms with Crippen LogP contribution in [0.25, 0.3) is 10.9 Å². The number of ether oxygens (including phenoxy) is 1. The Morgan fingerprint density at radius 1 is 0.875 bits per heavy atom. The van der Waals surface area contributed by atoms with E-state index in [0.717, 1.165) is 43.1 Å². The zero-order valence-electron chi connectivity index (χ0n) is 23.4.